The lowest BCUT2D eigenvalue weighted by Crippen LogP contribution is -2.34. The molecular formula is C18H29N3O. The Morgan fingerprint density at radius 1 is 1.41 bits per heavy atom. The summed E-state index contributed by atoms with van der Waals surface area (Å²) in [5, 5.41) is 9.83. The molecule has 1 saturated heterocycles. The van der Waals surface area contributed by atoms with Crippen molar-refractivity contribution in [3.8, 4) is 0 Å². The number of rotatable bonds is 7. The van der Waals surface area contributed by atoms with Gasteiger partial charge in [0.2, 0.25) is 5.91 Å². The van der Waals surface area contributed by atoms with E-state index < -0.39 is 0 Å². The maximum atomic E-state index is 12.3. The van der Waals surface area contributed by atoms with Gasteiger partial charge in [0.05, 0.1) is 0 Å². The Hall–Kier alpha value is -1.39. The molecule has 0 bridgehead atoms. The standard InChI is InChI=1S/C18H29N3O/c1-3-19-13-16-7-4-5-9-17(16)21-18(22)11-14(2)15-8-6-10-20-12-15/h4-5,7,9,14-15,19-20H,3,6,8,10-13H2,1-2H3,(H,21,22). The highest BCUT2D eigenvalue weighted by Gasteiger charge is 2.22. The van der Waals surface area contributed by atoms with Gasteiger partial charge in [-0.25, -0.2) is 0 Å². The van der Waals surface area contributed by atoms with E-state index >= 15 is 0 Å². The zero-order chi connectivity index (χ0) is 15.8. The SMILES string of the molecule is CCNCc1ccccc1NC(=O)CC(C)C1CCCNC1. The normalized spacial score (nSPS) is 19.6. The molecule has 1 aromatic rings. The molecule has 3 N–H and O–H groups in total. The molecule has 1 fully saturated rings. The highest BCUT2D eigenvalue weighted by molar-refractivity contribution is 5.91. The van der Waals surface area contributed by atoms with Crippen LogP contribution in [-0.4, -0.2) is 25.5 Å². The molecule has 0 saturated carbocycles. The van der Waals surface area contributed by atoms with E-state index in [-0.39, 0.29) is 5.91 Å². The summed E-state index contributed by atoms with van der Waals surface area (Å²) < 4.78 is 0. The Kier molecular flexibility index (Phi) is 6.87. The third-order valence-corrected chi connectivity index (χ3v) is 4.50. The Morgan fingerprint density at radius 2 is 2.23 bits per heavy atom. The predicted octanol–water partition coefficient (Wildman–Crippen LogP) is 2.76. The van der Waals surface area contributed by atoms with Crippen LogP contribution in [0.2, 0.25) is 0 Å². The van der Waals surface area contributed by atoms with E-state index in [1.807, 2.05) is 18.2 Å². The second-order valence-electron chi connectivity index (χ2n) is 6.27. The minimum atomic E-state index is 0.127. The largest absolute Gasteiger partial charge is 0.326 e. The first-order chi connectivity index (χ1) is 10.7. The Labute approximate surface area is 134 Å². The van der Waals surface area contributed by atoms with Gasteiger partial charge in [0.25, 0.3) is 0 Å². The Morgan fingerprint density at radius 3 is 2.95 bits per heavy atom. The van der Waals surface area contributed by atoms with Crippen molar-refractivity contribution >= 4 is 11.6 Å². The molecule has 4 heteroatoms. The molecule has 2 rings (SSSR count). The number of benzene rings is 1. The quantitative estimate of drug-likeness (QED) is 0.726. The van der Waals surface area contributed by atoms with Crippen molar-refractivity contribution in [3.05, 3.63) is 29.8 Å². The van der Waals surface area contributed by atoms with Crippen LogP contribution in [-0.2, 0) is 11.3 Å². The molecule has 1 aromatic carbocycles. The first-order valence-electron chi connectivity index (χ1n) is 8.50. The number of carbonyl (C=O) groups excluding carboxylic acids is 1. The van der Waals surface area contributed by atoms with Crippen LogP contribution in [0.5, 0.6) is 0 Å². The molecule has 2 atom stereocenters. The van der Waals surface area contributed by atoms with Crippen molar-refractivity contribution < 1.29 is 4.79 Å². The zero-order valence-corrected chi connectivity index (χ0v) is 13.8. The van der Waals surface area contributed by atoms with Crippen molar-refractivity contribution in [3.63, 3.8) is 0 Å². The first-order valence-corrected chi connectivity index (χ1v) is 8.50. The van der Waals surface area contributed by atoms with Crippen molar-refractivity contribution in [2.75, 3.05) is 25.0 Å². The number of piperidine rings is 1. The van der Waals surface area contributed by atoms with Crippen molar-refractivity contribution in [1.29, 1.82) is 0 Å². The van der Waals surface area contributed by atoms with Gasteiger partial charge in [0, 0.05) is 18.7 Å². The second kappa shape index (κ2) is 8.91. The highest BCUT2D eigenvalue weighted by atomic mass is 16.1. The van der Waals surface area contributed by atoms with Crippen LogP contribution in [0.15, 0.2) is 24.3 Å². The fourth-order valence-corrected chi connectivity index (χ4v) is 3.08. The summed E-state index contributed by atoms with van der Waals surface area (Å²) in [5.74, 6) is 1.17. The fourth-order valence-electron chi connectivity index (χ4n) is 3.08. The molecule has 0 aliphatic carbocycles. The summed E-state index contributed by atoms with van der Waals surface area (Å²) in [6, 6.07) is 8.03. The molecule has 2 unspecified atom stereocenters. The summed E-state index contributed by atoms with van der Waals surface area (Å²) in [4.78, 5) is 12.3. The van der Waals surface area contributed by atoms with E-state index in [0.717, 1.165) is 37.4 Å². The summed E-state index contributed by atoms with van der Waals surface area (Å²) in [6.07, 6.45) is 3.06. The van der Waals surface area contributed by atoms with Gasteiger partial charge < -0.3 is 16.0 Å². The van der Waals surface area contributed by atoms with Gasteiger partial charge in [-0.05, 0) is 55.9 Å². The lowest BCUT2D eigenvalue weighted by molar-refractivity contribution is -0.117. The molecule has 1 aliphatic heterocycles. The van der Waals surface area contributed by atoms with Gasteiger partial charge in [-0.3, -0.25) is 4.79 Å². The third kappa shape index (κ3) is 5.11. The molecule has 1 amide bonds. The molecule has 1 aliphatic rings. The van der Waals surface area contributed by atoms with E-state index in [1.54, 1.807) is 0 Å². The topological polar surface area (TPSA) is 53.2 Å². The molecule has 22 heavy (non-hydrogen) atoms. The first kappa shape index (κ1) is 17.0. The Bertz CT molecular complexity index is 469. The summed E-state index contributed by atoms with van der Waals surface area (Å²) >= 11 is 0. The minimum absolute atomic E-state index is 0.127. The van der Waals surface area contributed by atoms with E-state index in [0.29, 0.717) is 18.3 Å². The van der Waals surface area contributed by atoms with Crippen LogP contribution in [0.25, 0.3) is 0 Å². The average molecular weight is 303 g/mol. The zero-order valence-electron chi connectivity index (χ0n) is 13.8. The summed E-state index contributed by atoms with van der Waals surface area (Å²) in [7, 11) is 0. The number of hydrogen-bond donors (Lipinski definition) is 3. The summed E-state index contributed by atoms with van der Waals surface area (Å²) in [5.41, 5.74) is 2.08. The van der Waals surface area contributed by atoms with E-state index in [4.69, 9.17) is 0 Å². The van der Waals surface area contributed by atoms with Gasteiger partial charge in [-0.1, -0.05) is 32.0 Å². The number of para-hydroxylation sites is 1. The van der Waals surface area contributed by atoms with E-state index in [2.05, 4.69) is 35.9 Å². The van der Waals surface area contributed by atoms with Gasteiger partial charge in [0.15, 0.2) is 0 Å². The van der Waals surface area contributed by atoms with Gasteiger partial charge >= 0.3 is 0 Å². The van der Waals surface area contributed by atoms with Crippen LogP contribution >= 0.6 is 0 Å². The predicted molar refractivity (Wildman–Crippen MR) is 91.8 cm³/mol. The highest BCUT2D eigenvalue weighted by Crippen LogP contribution is 2.23. The van der Waals surface area contributed by atoms with Crippen LogP contribution < -0.4 is 16.0 Å². The van der Waals surface area contributed by atoms with Gasteiger partial charge in [-0.15, -0.1) is 0 Å². The van der Waals surface area contributed by atoms with Crippen LogP contribution in [0.4, 0.5) is 5.69 Å². The smallest absolute Gasteiger partial charge is 0.224 e. The molecule has 122 valence electrons. The lowest BCUT2D eigenvalue weighted by Gasteiger charge is -2.28. The fraction of sp³-hybridized carbons (Fsp3) is 0.611. The van der Waals surface area contributed by atoms with Crippen LogP contribution in [0, 0.1) is 11.8 Å². The molecule has 4 nitrogen and oxygen atoms in total. The second-order valence-corrected chi connectivity index (χ2v) is 6.27. The number of hydrogen-bond acceptors (Lipinski definition) is 3. The van der Waals surface area contributed by atoms with Crippen LogP contribution in [0.3, 0.4) is 0 Å². The average Bonchev–Trinajstić information content (AvgIpc) is 2.54. The van der Waals surface area contributed by atoms with Crippen LogP contribution in [0.1, 0.15) is 38.7 Å². The monoisotopic (exact) mass is 303 g/mol. The number of nitrogens with one attached hydrogen (secondary N) is 3. The third-order valence-electron chi connectivity index (χ3n) is 4.50. The molecule has 0 aromatic heterocycles. The maximum Gasteiger partial charge on any atom is 0.224 e. The number of carbonyl (C=O) groups is 1. The summed E-state index contributed by atoms with van der Waals surface area (Å²) in [6.45, 7) is 8.16. The maximum absolute atomic E-state index is 12.3. The minimum Gasteiger partial charge on any atom is -0.326 e. The van der Waals surface area contributed by atoms with Gasteiger partial charge in [-0.2, -0.15) is 0 Å². The molecular weight excluding hydrogens is 274 g/mol. The van der Waals surface area contributed by atoms with Crippen molar-refractivity contribution in [2.45, 2.75) is 39.7 Å². The Balaban J connectivity index is 1.88. The molecule has 0 spiro atoms. The number of anilines is 1. The van der Waals surface area contributed by atoms with Gasteiger partial charge in [0.1, 0.15) is 0 Å². The lowest BCUT2D eigenvalue weighted by atomic mass is 9.85. The van der Waals surface area contributed by atoms with Crippen molar-refractivity contribution in [1.82, 2.24) is 10.6 Å². The molecule has 0 radical (unpaired) electrons. The number of amides is 1. The molecule has 1 heterocycles. The van der Waals surface area contributed by atoms with E-state index in [9.17, 15) is 4.79 Å². The van der Waals surface area contributed by atoms with Crippen molar-refractivity contribution in [2.24, 2.45) is 11.8 Å². The van der Waals surface area contributed by atoms with E-state index in [1.165, 1.54) is 12.8 Å².